The molecule has 0 saturated carbocycles. The average Bonchev–Trinajstić information content (AvgIpc) is 2.71. The van der Waals surface area contributed by atoms with Crippen molar-refractivity contribution in [3.05, 3.63) is 47.5 Å². The lowest BCUT2D eigenvalue weighted by Crippen LogP contribution is -2.32. The molecule has 1 aliphatic heterocycles. The molecule has 1 saturated heterocycles. The first kappa shape index (κ1) is 15.5. The minimum Gasteiger partial charge on any atom is -0.342 e. The van der Waals surface area contributed by atoms with Gasteiger partial charge in [0.25, 0.3) is 0 Å². The highest BCUT2D eigenvalue weighted by Gasteiger charge is 2.22. The zero-order chi connectivity index (χ0) is 14.4. The molecule has 0 aromatic heterocycles. The van der Waals surface area contributed by atoms with E-state index >= 15 is 0 Å². The van der Waals surface area contributed by atoms with Crippen molar-refractivity contribution in [3.8, 4) is 0 Å². The number of hydrogen-bond acceptors (Lipinski definition) is 2. The lowest BCUT2D eigenvalue weighted by atomic mass is 10.1. The van der Waals surface area contributed by atoms with Gasteiger partial charge in [0.1, 0.15) is 0 Å². The van der Waals surface area contributed by atoms with Crippen LogP contribution in [0.2, 0.25) is 5.02 Å². The van der Waals surface area contributed by atoms with Crippen LogP contribution in [0.3, 0.4) is 0 Å². The molecule has 2 rings (SSSR count). The smallest absolute Gasteiger partial charge is 0.222 e. The molecule has 1 aromatic rings. The first-order valence-electron chi connectivity index (χ1n) is 6.97. The molecule has 1 aliphatic rings. The van der Waals surface area contributed by atoms with E-state index in [0.717, 1.165) is 36.7 Å². The summed E-state index contributed by atoms with van der Waals surface area (Å²) < 4.78 is 0. The van der Waals surface area contributed by atoms with Crippen LogP contribution in [-0.4, -0.2) is 29.6 Å². The Morgan fingerprint density at radius 3 is 3.00 bits per heavy atom. The second-order valence-electron chi connectivity index (χ2n) is 4.88. The van der Waals surface area contributed by atoms with Crippen molar-refractivity contribution in [3.63, 3.8) is 0 Å². The highest BCUT2D eigenvalue weighted by atomic mass is 35.5. The maximum Gasteiger partial charge on any atom is 0.222 e. The number of allylic oxidation sites excluding steroid dienone is 1. The fourth-order valence-electron chi connectivity index (χ4n) is 2.39. The van der Waals surface area contributed by atoms with E-state index in [-0.39, 0.29) is 5.91 Å². The standard InChI is InChI=1S/C16H20ClNOS/c1-2-3-8-16(19)18-10-9-15(20-12-11-18)13-6-4-5-7-14(13)17/h2,4-7,15H,1,3,8-12H2/t15-/m1/s1. The van der Waals surface area contributed by atoms with E-state index in [0.29, 0.717) is 11.7 Å². The summed E-state index contributed by atoms with van der Waals surface area (Å²) in [6.07, 6.45) is 4.10. The number of carbonyl (C=O) groups excluding carboxylic acids is 1. The van der Waals surface area contributed by atoms with Crippen molar-refractivity contribution in [1.82, 2.24) is 4.90 Å². The number of amides is 1. The molecule has 4 heteroatoms. The number of carbonyl (C=O) groups is 1. The fourth-order valence-corrected chi connectivity index (χ4v) is 3.99. The van der Waals surface area contributed by atoms with Gasteiger partial charge in [-0.05, 0) is 24.5 Å². The first-order chi connectivity index (χ1) is 9.72. The van der Waals surface area contributed by atoms with Crippen LogP contribution in [0.1, 0.15) is 30.1 Å². The lowest BCUT2D eigenvalue weighted by Gasteiger charge is -2.20. The van der Waals surface area contributed by atoms with Crippen molar-refractivity contribution < 1.29 is 4.79 Å². The largest absolute Gasteiger partial charge is 0.342 e. The summed E-state index contributed by atoms with van der Waals surface area (Å²) in [7, 11) is 0. The Morgan fingerprint density at radius 1 is 1.45 bits per heavy atom. The monoisotopic (exact) mass is 309 g/mol. The molecular weight excluding hydrogens is 290 g/mol. The molecule has 0 bridgehead atoms. The molecule has 0 spiro atoms. The number of halogens is 1. The molecule has 108 valence electrons. The highest BCUT2D eigenvalue weighted by Crippen LogP contribution is 2.37. The van der Waals surface area contributed by atoms with Gasteiger partial charge in [0.05, 0.1) is 0 Å². The van der Waals surface area contributed by atoms with Gasteiger partial charge in [-0.3, -0.25) is 4.79 Å². The van der Waals surface area contributed by atoms with Gasteiger partial charge in [0, 0.05) is 35.5 Å². The summed E-state index contributed by atoms with van der Waals surface area (Å²) in [6, 6.07) is 8.02. The second-order valence-corrected chi connectivity index (χ2v) is 6.60. The van der Waals surface area contributed by atoms with Gasteiger partial charge >= 0.3 is 0 Å². The molecular formula is C16H20ClNOS. The summed E-state index contributed by atoms with van der Waals surface area (Å²) in [4.78, 5) is 14.0. The third kappa shape index (κ3) is 4.03. The quantitative estimate of drug-likeness (QED) is 0.772. The Morgan fingerprint density at radius 2 is 2.25 bits per heavy atom. The zero-order valence-corrected chi connectivity index (χ0v) is 13.1. The van der Waals surface area contributed by atoms with E-state index in [1.54, 1.807) is 6.08 Å². The number of benzene rings is 1. The Bertz CT molecular complexity index is 477. The van der Waals surface area contributed by atoms with Crippen molar-refractivity contribution in [2.75, 3.05) is 18.8 Å². The van der Waals surface area contributed by atoms with Crippen LogP contribution < -0.4 is 0 Å². The van der Waals surface area contributed by atoms with Gasteiger partial charge in [-0.15, -0.1) is 6.58 Å². The molecule has 0 radical (unpaired) electrons. The van der Waals surface area contributed by atoms with Gasteiger partial charge < -0.3 is 4.90 Å². The Balaban J connectivity index is 1.97. The first-order valence-corrected chi connectivity index (χ1v) is 8.39. The second kappa shape index (κ2) is 7.75. The summed E-state index contributed by atoms with van der Waals surface area (Å²) in [5, 5.41) is 1.22. The van der Waals surface area contributed by atoms with Crippen molar-refractivity contribution in [2.24, 2.45) is 0 Å². The number of hydrogen-bond donors (Lipinski definition) is 0. The minimum atomic E-state index is 0.241. The predicted molar refractivity (Wildman–Crippen MR) is 87.3 cm³/mol. The molecule has 1 fully saturated rings. The zero-order valence-electron chi connectivity index (χ0n) is 11.6. The number of nitrogens with zero attached hydrogens (tertiary/aromatic N) is 1. The minimum absolute atomic E-state index is 0.241. The molecule has 1 heterocycles. The number of thioether (sulfide) groups is 1. The third-order valence-corrected chi connectivity index (χ3v) is 5.16. The van der Waals surface area contributed by atoms with Crippen molar-refractivity contribution in [2.45, 2.75) is 24.5 Å². The van der Waals surface area contributed by atoms with Crippen LogP contribution in [0.4, 0.5) is 0 Å². The predicted octanol–water partition coefficient (Wildman–Crippen LogP) is 4.31. The number of rotatable bonds is 4. The van der Waals surface area contributed by atoms with Gasteiger partial charge in [-0.2, -0.15) is 11.8 Å². The molecule has 20 heavy (non-hydrogen) atoms. The van der Waals surface area contributed by atoms with E-state index in [4.69, 9.17) is 11.6 Å². The lowest BCUT2D eigenvalue weighted by molar-refractivity contribution is -0.130. The van der Waals surface area contributed by atoms with Crippen LogP contribution in [0, 0.1) is 0 Å². The van der Waals surface area contributed by atoms with E-state index in [9.17, 15) is 4.79 Å². The van der Waals surface area contributed by atoms with Crippen LogP contribution in [-0.2, 0) is 4.79 Å². The van der Waals surface area contributed by atoms with E-state index < -0.39 is 0 Å². The Hall–Kier alpha value is -0.930. The molecule has 1 aromatic carbocycles. The van der Waals surface area contributed by atoms with Gasteiger partial charge in [0.15, 0.2) is 0 Å². The fraction of sp³-hybridized carbons (Fsp3) is 0.438. The molecule has 0 aliphatic carbocycles. The Labute approximate surface area is 130 Å². The molecule has 0 N–H and O–H groups in total. The SMILES string of the molecule is C=CCCC(=O)N1CCS[C@@H](c2ccccc2Cl)CC1. The van der Waals surface area contributed by atoms with E-state index in [1.807, 2.05) is 34.9 Å². The topological polar surface area (TPSA) is 20.3 Å². The highest BCUT2D eigenvalue weighted by molar-refractivity contribution is 7.99. The van der Waals surface area contributed by atoms with Crippen molar-refractivity contribution in [1.29, 1.82) is 0 Å². The molecule has 1 amide bonds. The molecule has 2 nitrogen and oxygen atoms in total. The molecule has 0 unspecified atom stereocenters. The van der Waals surface area contributed by atoms with E-state index in [2.05, 4.69) is 12.6 Å². The summed E-state index contributed by atoms with van der Waals surface area (Å²) in [5.74, 6) is 1.21. The van der Waals surface area contributed by atoms with Crippen LogP contribution in [0.15, 0.2) is 36.9 Å². The van der Waals surface area contributed by atoms with Gasteiger partial charge in [0.2, 0.25) is 5.91 Å². The average molecular weight is 310 g/mol. The summed E-state index contributed by atoms with van der Waals surface area (Å²) in [6.45, 7) is 5.32. The van der Waals surface area contributed by atoms with Gasteiger partial charge in [-0.25, -0.2) is 0 Å². The Kier molecular flexibility index (Phi) is 5.99. The van der Waals surface area contributed by atoms with E-state index in [1.165, 1.54) is 5.56 Å². The molecule has 1 atom stereocenters. The van der Waals surface area contributed by atoms with Crippen LogP contribution >= 0.6 is 23.4 Å². The van der Waals surface area contributed by atoms with Crippen LogP contribution in [0.5, 0.6) is 0 Å². The summed E-state index contributed by atoms with van der Waals surface area (Å²) >= 11 is 8.17. The normalized spacial score (nSPS) is 19.4. The third-order valence-electron chi connectivity index (χ3n) is 3.51. The summed E-state index contributed by atoms with van der Waals surface area (Å²) in [5.41, 5.74) is 1.19. The van der Waals surface area contributed by atoms with Gasteiger partial charge in [-0.1, -0.05) is 35.9 Å². The van der Waals surface area contributed by atoms with Crippen LogP contribution in [0.25, 0.3) is 0 Å². The maximum atomic E-state index is 12.1. The van der Waals surface area contributed by atoms with Crippen molar-refractivity contribution >= 4 is 29.3 Å². The maximum absolute atomic E-state index is 12.1.